The SMILES string of the molecule is CC.CN1CCC(c2cc3c(cc2F)C(=O)N(C2CCC(=O)NC2=O)C3)CC1. The van der Waals surface area contributed by atoms with E-state index in [0.29, 0.717) is 24.1 Å². The monoisotopic (exact) mass is 389 g/mol. The third-order valence-corrected chi connectivity index (χ3v) is 5.80. The molecule has 1 aromatic carbocycles. The minimum atomic E-state index is -0.664. The van der Waals surface area contributed by atoms with Gasteiger partial charge in [-0.2, -0.15) is 0 Å². The number of piperidine rings is 2. The summed E-state index contributed by atoms with van der Waals surface area (Å²) >= 11 is 0. The predicted molar refractivity (Wildman–Crippen MR) is 103 cm³/mol. The second kappa shape index (κ2) is 8.39. The molecule has 3 aliphatic heterocycles. The van der Waals surface area contributed by atoms with E-state index in [1.54, 1.807) is 0 Å². The van der Waals surface area contributed by atoms with E-state index in [1.165, 1.54) is 11.0 Å². The standard InChI is InChI=1S/C19H22FN3O3.C2H6/c1-22-6-4-11(5-7-22)13-8-12-10-23(19(26)14(12)9-15(13)20)16-2-3-17(24)21-18(16)25;1-2/h8-9,11,16H,2-7,10H2,1H3,(H,21,24,25);1-2H3. The molecular formula is C21H28FN3O3. The van der Waals surface area contributed by atoms with Crippen molar-refractivity contribution in [1.29, 1.82) is 0 Å². The van der Waals surface area contributed by atoms with Gasteiger partial charge in [-0.25, -0.2) is 4.39 Å². The number of likely N-dealkylation sites (tertiary alicyclic amines) is 1. The van der Waals surface area contributed by atoms with Gasteiger partial charge in [-0.1, -0.05) is 19.9 Å². The van der Waals surface area contributed by atoms with E-state index < -0.39 is 11.9 Å². The number of nitrogens with one attached hydrogen (secondary N) is 1. The smallest absolute Gasteiger partial charge is 0.255 e. The number of carbonyl (C=O) groups is 3. The van der Waals surface area contributed by atoms with Crippen LogP contribution in [0.3, 0.4) is 0 Å². The molecule has 3 aliphatic rings. The lowest BCUT2D eigenvalue weighted by Crippen LogP contribution is -2.52. The molecule has 0 bridgehead atoms. The number of nitrogens with zero attached hydrogens (tertiary/aromatic N) is 2. The first-order valence-electron chi connectivity index (χ1n) is 10.1. The van der Waals surface area contributed by atoms with Crippen LogP contribution in [0.4, 0.5) is 4.39 Å². The summed E-state index contributed by atoms with van der Waals surface area (Å²) in [6, 6.07) is 2.48. The molecule has 4 rings (SSSR count). The highest BCUT2D eigenvalue weighted by Crippen LogP contribution is 2.35. The molecule has 0 radical (unpaired) electrons. The normalized spacial score (nSPS) is 23.2. The lowest BCUT2D eigenvalue weighted by molar-refractivity contribution is -0.136. The fourth-order valence-electron chi connectivity index (χ4n) is 4.24. The van der Waals surface area contributed by atoms with Gasteiger partial charge in [0.05, 0.1) is 0 Å². The van der Waals surface area contributed by atoms with Crippen molar-refractivity contribution in [2.24, 2.45) is 0 Å². The predicted octanol–water partition coefficient (Wildman–Crippen LogP) is 2.42. The van der Waals surface area contributed by atoms with Crippen LogP contribution in [-0.4, -0.2) is 53.7 Å². The van der Waals surface area contributed by atoms with Crippen LogP contribution in [0.2, 0.25) is 0 Å². The minimum Gasteiger partial charge on any atom is -0.322 e. The lowest BCUT2D eigenvalue weighted by atomic mass is 9.87. The molecule has 0 saturated carbocycles. The van der Waals surface area contributed by atoms with Crippen molar-refractivity contribution in [1.82, 2.24) is 15.1 Å². The summed E-state index contributed by atoms with van der Waals surface area (Å²) in [4.78, 5) is 39.8. The molecule has 3 amide bonds. The van der Waals surface area contributed by atoms with E-state index in [0.717, 1.165) is 31.5 Å². The van der Waals surface area contributed by atoms with E-state index in [4.69, 9.17) is 0 Å². The van der Waals surface area contributed by atoms with Crippen LogP contribution in [0.1, 0.15) is 66.9 Å². The van der Waals surface area contributed by atoms with E-state index in [-0.39, 0.29) is 30.0 Å². The summed E-state index contributed by atoms with van der Waals surface area (Å²) in [5.74, 6) is -1.26. The molecule has 3 heterocycles. The zero-order chi connectivity index (χ0) is 20.4. The van der Waals surface area contributed by atoms with E-state index >= 15 is 0 Å². The molecule has 2 fully saturated rings. The topological polar surface area (TPSA) is 69.7 Å². The maximum absolute atomic E-state index is 14.7. The number of amides is 3. The van der Waals surface area contributed by atoms with Gasteiger partial charge in [-0.05, 0) is 62.5 Å². The van der Waals surface area contributed by atoms with Gasteiger partial charge in [0.2, 0.25) is 11.8 Å². The third-order valence-electron chi connectivity index (χ3n) is 5.80. The summed E-state index contributed by atoms with van der Waals surface area (Å²) in [5, 5.41) is 2.28. The van der Waals surface area contributed by atoms with Gasteiger partial charge in [0.25, 0.3) is 5.91 Å². The van der Waals surface area contributed by atoms with Crippen LogP contribution in [0, 0.1) is 5.82 Å². The van der Waals surface area contributed by atoms with Gasteiger partial charge in [-0.3, -0.25) is 19.7 Å². The molecule has 1 atom stereocenters. The molecule has 7 heteroatoms. The van der Waals surface area contributed by atoms with Crippen molar-refractivity contribution in [3.8, 4) is 0 Å². The van der Waals surface area contributed by atoms with Crippen molar-refractivity contribution in [2.45, 2.75) is 58.0 Å². The molecule has 0 aromatic heterocycles. The summed E-state index contributed by atoms with van der Waals surface area (Å²) < 4.78 is 14.7. The minimum absolute atomic E-state index is 0.163. The Morgan fingerprint density at radius 1 is 1.07 bits per heavy atom. The Bertz CT molecular complexity index is 787. The molecule has 152 valence electrons. The van der Waals surface area contributed by atoms with Crippen LogP contribution < -0.4 is 5.32 Å². The average Bonchev–Trinajstić information content (AvgIpc) is 2.99. The van der Waals surface area contributed by atoms with Gasteiger partial charge in [0.15, 0.2) is 0 Å². The Morgan fingerprint density at radius 2 is 1.75 bits per heavy atom. The first kappa shape index (κ1) is 20.5. The molecule has 1 unspecified atom stereocenters. The number of halogens is 1. The number of imide groups is 1. The summed E-state index contributed by atoms with van der Waals surface area (Å²) in [5.41, 5.74) is 1.79. The fourth-order valence-corrected chi connectivity index (χ4v) is 4.24. The van der Waals surface area contributed by atoms with Crippen LogP contribution in [0.5, 0.6) is 0 Å². The Morgan fingerprint density at radius 3 is 2.39 bits per heavy atom. The largest absolute Gasteiger partial charge is 0.322 e. The number of hydrogen-bond donors (Lipinski definition) is 1. The zero-order valence-corrected chi connectivity index (χ0v) is 16.8. The fraction of sp³-hybridized carbons (Fsp3) is 0.571. The maximum Gasteiger partial charge on any atom is 0.255 e. The molecule has 1 aromatic rings. The molecular weight excluding hydrogens is 361 g/mol. The summed E-state index contributed by atoms with van der Waals surface area (Å²) in [7, 11) is 2.06. The van der Waals surface area contributed by atoms with Gasteiger partial charge < -0.3 is 9.80 Å². The van der Waals surface area contributed by atoms with E-state index in [2.05, 4.69) is 17.3 Å². The number of rotatable bonds is 2. The summed E-state index contributed by atoms with van der Waals surface area (Å²) in [6.45, 7) is 6.16. The van der Waals surface area contributed by atoms with Crippen molar-refractivity contribution >= 4 is 17.7 Å². The van der Waals surface area contributed by atoms with Crippen LogP contribution in [0.15, 0.2) is 12.1 Å². The highest BCUT2D eigenvalue weighted by atomic mass is 19.1. The second-order valence-electron chi connectivity index (χ2n) is 7.51. The number of carbonyl (C=O) groups excluding carboxylic acids is 3. The van der Waals surface area contributed by atoms with Crippen molar-refractivity contribution in [2.75, 3.05) is 20.1 Å². The Labute approximate surface area is 165 Å². The van der Waals surface area contributed by atoms with E-state index in [9.17, 15) is 18.8 Å². The highest BCUT2D eigenvalue weighted by molar-refractivity contribution is 6.05. The molecule has 0 spiro atoms. The molecule has 2 saturated heterocycles. The third kappa shape index (κ3) is 3.81. The van der Waals surface area contributed by atoms with Crippen LogP contribution in [0.25, 0.3) is 0 Å². The number of fused-ring (bicyclic) bond motifs is 1. The van der Waals surface area contributed by atoms with Gasteiger partial charge in [0.1, 0.15) is 11.9 Å². The Kier molecular flexibility index (Phi) is 6.13. The van der Waals surface area contributed by atoms with Crippen LogP contribution in [-0.2, 0) is 16.1 Å². The maximum atomic E-state index is 14.7. The van der Waals surface area contributed by atoms with Crippen LogP contribution >= 0.6 is 0 Å². The quantitative estimate of drug-likeness (QED) is 0.789. The Balaban J connectivity index is 0.00000109. The molecule has 28 heavy (non-hydrogen) atoms. The average molecular weight is 389 g/mol. The highest BCUT2D eigenvalue weighted by Gasteiger charge is 2.39. The first-order valence-corrected chi connectivity index (χ1v) is 10.1. The molecule has 1 N–H and O–H groups in total. The lowest BCUT2D eigenvalue weighted by Gasteiger charge is -2.29. The van der Waals surface area contributed by atoms with Crippen molar-refractivity contribution in [3.05, 3.63) is 34.6 Å². The molecule has 6 nitrogen and oxygen atoms in total. The summed E-state index contributed by atoms with van der Waals surface area (Å²) in [6.07, 6.45) is 2.33. The van der Waals surface area contributed by atoms with Gasteiger partial charge >= 0.3 is 0 Å². The van der Waals surface area contributed by atoms with E-state index in [1.807, 2.05) is 19.9 Å². The van der Waals surface area contributed by atoms with Gasteiger partial charge in [0, 0.05) is 18.5 Å². The Hall–Kier alpha value is -2.28. The van der Waals surface area contributed by atoms with Crippen molar-refractivity contribution < 1.29 is 18.8 Å². The first-order chi connectivity index (χ1) is 13.4. The van der Waals surface area contributed by atoms with Gasteiger partial charge in [-0.15, -0.1) is 0 Å². The molecule has 0 aliphatic carbocycles. The van der Waals surface area contributed by atoms with Crippen molar-refractivity contribution in [3.63, 3.8) is 0 Å². The zero-order valence-electron chi connectivity index (χ0n) is 16.8. The number of benzene rings is 1. The second-order valence-corrected chi connectivity index (χ2v) is 7.51. The number of hydrogen-bond acceptors (Lipinski definition) is 4.